The summed E-state index contributed by atoms with van der Waals surface area (Å²) < 4.78 is 10.8. The molecule has 0 aliphatic carbocycles. The first kappa shape index (κ1) is 11.4. The van der Waals surface area contributed by atoms with Gasteiger partial charge in [-0.05, 0) is 12.1 Å². The Bertz CT molecular complexity index is 623. The molecule has 1 aromatic heterocycles. The molecule has 0 unspecified atom stereocenters. The Morgan fingerprint density at radius 2 is 2.11 bits per heavy atom. The number of aromatic nitrogens is 2. The summed E-state index contributed by atoms with van der Waals surface area (Å²) in [5.74, 6) is 0.929. The molecular weight excluding hydrogens is 248 g/mol. The predicted molar refractivity (Wildman–Crippen MR) is 68.4 cm³/mol. The number of hydrogen-bond acceptors (Lipinski definition) is 5. The molecule has 4 N–H and O–H groups in total. The smallest absolute Gasteiger partial charge is 0.275 e. The number of nitrogens with two attached hydrogens (primary N) is 1. The predicted octanol–water partition coefficient (Wildman–Crippen LogP) is 1.02. The molecule has 1 aromatic carbocycles. The molecule has 1 aliphatic rings. The molecule has 1 aliphatic heterocycles. The minimum atomic E-state index is -0.355. The van der Waals surface area contributed by atoms with Crippen LogP contribution in [0.15, 0.2) is 24.4 Å². The van der Waals surface area contributed by atoms with Gasteiger partial charge in [-0.25, -0.2) is 0 Å². The zero-order valence-electron chi connectivity index (χ0n) is 9.97. The number of nitrogens with one attached hydrogen (secondary N) is 2. The molecule has 0 saturated carbocycles. The summed E-state index contributed by atoms with van der Waals surface area (Å²) in [6, 6.07) is 5.19. The highest BCUT2D eigenvalue weighted by molar-refractivity contribution is 6.06. The summed E-state index contributed by atoms with van der Waals surface area (Å²) in [5, 5.41) is 8.95. The van der Waals surface area contributed by atoms with Crippen molar-refractivity contribution in [3.05, 3.63) is 30.1 Å². The number of nitrogens with zero attached hydrogens (tertiary/aromatic N) is 1. The molecule has 3 rings (SSSR count). The first-order valence-corrected chi connectivity index (χ1v) is 5.74. The van der Waals surface area contributed by atoms with Gasteiger partial charge in [0.15, 0.2) is 11.5 Å². The number of rotatable bonds is 2. The zero-order valence-corrected chi connectivity index (χ0v) is 9.97. The molecule has 7 heteroatoms. The SMILES string of the molecule is Nc1cn[nH]c1C(=O)Nc1ccc2c(c1)OCCO2. The Morgan fingerprint density at radius 3 is 2.84 bits per heavy atom. The van der Waals surface area contributed by atoms with Crippen LogP contribution in [-0.2, 0) is 0 Å². The van der Waals surface area contributed by atoms with Crippen LogP contribution in [0, 0.1) is 0 Å². The summed E-state index contributed by atoms with van der Waals surface area (Å²) >= 11 is 0. The molecule has 0 bridgehead atoms. The molecule has 2 aromatic rings. The third-order valence-electron chi connectivity index (χ3n) is 2.70. The summed E-state index contributed by atoms with van der Waals surface area (Å²) in [7, 11) is 0. The number of benzene rings is 1. The third kappa shape index (κ3) is 2.17. The van der Waals surface area contributed by atoms with Crippen molar-refractivity contribution in [2.75, 3.05) is 24.3 Å². The number of H-pyrrole nitrogens is 1. The molecular formula is C12H12N4O3. The number of fused-ring (bicyclic) bond motifs is 1. The first-order valence-electron chi connectivity index (χ1n) is 5.74. The summed E-state index contributed by atoms with van der Waals surface area (Å²) in [5.41, 5.74) is 6.74. The fourth-order valence-electron chi connectivity index (χ4n) is 1.79. The molecule has 0 saturated heterocycles. The van der Waals surface area contributed by atoms with Crippen molar-refractivity contribution in [3.8, 4) is 11.5 Å². The Hall–Kier alpha value is -2.70. The van der Waals surface area contributed by atoms with Gasteiger partial charge in [0.05, 0.1) is 11.9 Å². The van der Waals surface area contributed by atoms with Crippen LogP contribution in [0.5, 0.6) is 11.5 Å². The maximum absolute atomic E-state index is 11.9. The molecule has 0 fully saturated rings. The molecule has 19 heavy (non-hydrogen) atoms. The van der Waals surface area contributed by atoms with Gasteiger partial charge in [-0.3, -0.25) is 9.89 Å². The number of hydrogen-bond donors (Lipinski definition) is 3. The van der Waals surface area contributed by atoms with Gasteiger partial charge in [0.1, 0.15) is 18.9 Å². The number of anilines is 2. The van der Waals surface area contributed by atoms with Crippen LogP contribution in [0.4, 0.5) is 11.4 Å². The van der Waals surface area contributed by atoms with Gasteiger partial charge in [-0.2, -0.15) is 5.10 Å². The maximum atomic E-state index is 11.9. The maximum Gasteiger partial charge on any atom is 0.275 e. The van der Waals surface area contributed by atoms with Crippen molar-refractivity contribution in [1.29, 1.82) is 0 Å². The van der Waals surface area contributed by atoms with E-state index in [4.69, 9.17) is 15.2 Å². The van der Waals surface area contributed by atoms with E-state index in [2.05, 4.69) is 15.5 Å². The first-order chi connectivity index (χ1) is 9.24. The molecule has 0 radical (unpaired) electrons. The van der Waals surface area contributed by atoms with Crippen LogP contribution >= 0.6 is 0 Å². The van der Waals surface area contributed by atoms with Crippen LogP contribution in [0.3, 0.4) is 0 Å². The van der Waals surface area contributed by atoms with Crippen molar-refractivity contribution in [2.45, 2.75) is 0 Å². The van der Waals surface area contributed by atoms with Crippen LogP contribution in [0.1, 0.15) is 10.5 Å². The van der Waals surface area contributed by atoms with Gasteiger partial charge in [0.2, 0.25) is 0 Å². The van der Waals surface area contributed by atoms with Crippen molar-refractivity contribution in [2.24, 2.45) is 0 Å². The van der Waals surface area contributed by atoms with E-state index in [9.17, 15) is 4.79 Å². The average molecular weight is 260 g/mol. The van der Waals surface area contributed by atoms with Gasteiger partial charge >= 0.3 is 0 Å². The monoisotopic (exact) mass is 260 g/mol. The Labute approximate surface area is 108 Å². The van der Waals surface area contributed by atoms with E-state index in [1.807, 2.05) is 0 Å². The summed E-state index contributed by atoms with van der Waals surface area (Å²) in [4.78, 5) is 11.9. The molecule has 98 valence electrons. The summed E-state index contributed by atoms with van der Waals surface area (Å²) in [6.07, 6.45) is 1.39. The Balaban J connectivity index is 1.80. The highest BCUT2D eigenvalue weighted by Gasteiger charge is 2.15. The van der Waals surface area contributed by atoms with Gasteiger partial charge in [-0.1, -0.05) is 0 Å². The lowest BCUT2D eigenvalue weighted by Crippen LogP contribution is -2.17. The summed E-state index contributed by atoms with van der Waals surface area (Å²) in [6.45, 7) is 1.03. The van der Waals surface area contributed by atoms with Gasteiger partial charge in [-0.15, -0.1) is 0 Å². The van der Waals surface area contributed by atoms with Gasteiger partial charge < -0.3 is 20.5 Å². The third-order valence-corrected chi connectivity index (χ3v) is 2.70. The lowest BCUT2D eigenvalue weighted by atomic mass is 10.2. The largest absolute Gasteiger partial charge is 0.486 e. The number of ether oxygens (including phenoxy) is 2. The minimum Gasteiger partial charge on any atom is -0.486 e. The Morgan fingerprint density at radius 1 is 1.32 bits per heavy atom. The standard InChI is InChI=1S/C12H12N4O3/c13-8-6-14-16-11(8)12(17)15-7-1-2-9-10(5-7)19-4-3-18-9/h1-2,5-6H,3-4,13H2,(H,14,16)(H,15,17). The quantitative estimate of drug-likeness (QED) is 0.748. The van der Waals surface area contributed by atoms with E-state index < -0.39 is 0 Å². The second kappa shape index (κ2) is 4.52. The van der Waals surface area contributed by atoms with Crippen molar-refractivity contribution in [1.82, 2.24) is 10.2 Å². The van der Waals surface area contributed by atoms with E-state index in [-0.39, 0.29) is 11.6 Å². The van der Waals surface area contributed by atoms with E-state index in [1.165, 1.54) is 6.20 Å². The highest BCUT2D eigenvalue weighted by Crippen LogP contribution is 2.32. The van der Waals surface area contributed by atoms with E-state index in [0.29, 0.717) is 36.1 Å². The van der Waals surface area contributed by atoms with Crippen molar-refractivity contribution < 1.29 is 14.3 Å². The van der Waals surface area contributed by atoms with Crippen LogP contribution in [-0.4, -0.2) is 29.3 Å². The van der Waals surface area contributed by atoms with Crippen LogP contribution in [0.25, 0.3) is 0 Å². The number of aromatic amines is 1. The normalized spacial score (nSPS) is 13.1. The lowest BCUT2D eigenvalue weighted by Gasteiger charge is -2.18. The van der Waals surface area contributed by atoms with E-state index in [1.54, 1.807) is 18.2 Å². The highest BCUT2D eigenvalue weighted by atomic mass is 16.6. The number of carbonyl (C=O) groups is 1. The van der Waals surface area contributed by atoms with Crippen molar-refractivity contribution in [3.63, 3.8) is 0 Å². The van der Waals surface area contributed by atoms with Gasteiger partial charge in [0.25, 0.3) is 5.91 Å². The van der Waals surface area contributed by atoms with Gasteiger partial charge in [0, 0.05) is 11.8 Å². The average Bonchev–Trinajstić information content (AvgIpc) is 2.85. The van der Waals surface area contributed by atoms with E-state index >= 15 is 0 Å². The topological polar surface area (TPSA) is 102 Å². The number of carbonyl (C=O) groups excluding carboxylic acids is 1. The van der Waals surface area contributed by atoms with E-state index in [0.717, 1.165) is 0 Å². The molecule has 1 amide bonds. The molecule has 7 nitrogen and oxygen atoms in total. The zero-order chi connectivity index (χ0) is 13.2. The molecule has 0 spiro atoms. The number of amides is 1. The van der Waals surface area contributed by atoms with Crippen LogP contribution < -0.4 is 20.5 Å². The lowest BCUT2D eigenvalue weighted by molar-refractivity contribution is 0.102. The van der Waals surface area contributed by atoms with Crippen LogP contribution in [0.2, 0.25) is 0 Å². The second-order valence-corrected chi connectivity index (χ2v) is 4.01. The molecule has 2 heterocycles. The minimum absolute atomic E-state index is 0.231. The fraction of sp³-hybridized carbons (Fsp3) is 0.167. The Kier molecular flexibility index (Phi) is 2.71. The van der Waals surface area contributed by atoms with Crippen molar-refractivity contribution >= 4 is 17.3 Å². The number of nitrogen functional groups attached to an aromatic ring is 1. The second-order valence-electron chi connectivity index (χ2n) is 4.01. The molecule has 0 atom stereocenters. The fourth-order valence-corrected chi connectivity index (χ4v) is 1.79.